The first-order valence-electron chi connectivity index (χ1n) is 3.99. The van der Waals surface area contributed by atoms with Crippen LogP contribution in [0.25, 0.3) is 0 Å². The van der Waals surface area contributed by atoms with Gasteiger partial charge < -0.3 is 4.74 Å². The first-order valence-corrected chi connectivity index (χ1v) is 3.99. The minimum atomic E-state index is 0. The van der Waals surface area contributed by atoms with E-state index in [0.29, 0.717) is 0 Å². The van der Waals surface area contributed by atoms with Gasteiger partial charge >= 0.3 is 0 Å². The summed E-state index contributed by atoms with van der Waals surface area (Å²) in [7, 11) is 0. The molecule has 57 valence electrons. The van der Waals surface area contributed by atoms with Crippen LogP contribution in [0, 0.1) is 0 Å². The molecule has 0 saturated heterocycles. The monoisotopic (exact) mass is 153 g/mol. The Morgan fingerprint density at radius 2 is 1.30 bits per heavy atom. The van der Waals surface area contributed by atoms with E-state index in [1.165, 1.54) is 25.7 Å². The van der Waals surface area contributed by atoms with Gasteiger partial charge in [-0.1, -0.05) is 26.7 Å². The van der Waals surface area contributed by atoms with E-state index in [9.17, 15) is 0 Å². The molecule has 0 N–H and O–H groups in total. The summed E-state index contributed by atoms with van der Waals surface area (Å²) in [6.07, 6.45) is 4.91. The zero-order chi connectivity index (χ0) is 6.95. The van der Waals surface area contributed by atoms with E-state index in [4.69, 9.17) is 4.74 Å². The summed E-state index contributed by atoms with van der Waals surface area (Å²) in [5.41, 5.74) is 0. The maximum atomic E-state index is 5.31. The summed E-state index contributed by atoms with van der Waals surface area (Å²) in [6, 6.07) is 0. The molecule has 0 bridgehead atoms. The quantitative estimate of drug-likeness (QED) is 0.420. The topological polar surface area (TPSA) is 9.23 Å². The van der Waals surface area contributed by atoms with Gasteiger partial charge in [0, 0.05) is 42.8 Å². The molecule has 0 heterocycles. The average molecular weight is 153 g/mol. The van der Waals surface area contributed by atoms with Crippen molar-refractivity contribution in [3.05, 3.63) is 0 Å². The number of hydrogen-bond acceptors (Lipinski definition) is 1. The van der Waals surface area contributed by atoms with Gasteiger partial charge in [0.05, 0.1) is 0 Å². The first kappa shape index (κ1) is 13.5. The Bertz CT molecular complexity index is 42.5. The van der Waals surface area contributed by atoms with Crippen LogP contribution in [0.1, 0.15) is 39.5 Å². The molecule has 0 spiro atoms. The van der Waals surface area contributed by atoms with Crippen molar-refractivity contribution in [2.75, 3.05) is 13.2 Å². The van der Waals surface area contributed by atoms with Crippen molar-refractivity contribution in [1.29, 1.82) is 0 Å². The second kappa shape index (κ2) is 12.6. The molecule has 0 aromatic rings. The van der Waals surface area contributed by atoms with Gasteiger partial charge in [-0.2, -0.15) is 0 Å². The first-order chi connectivity index (χ1) is 4.41. The Kier molecular flexibility index (Phi) is 17.1. The Hall–Kier alpha value is 0.960. The maximum absolute atomic E-state index is 5.31. The Balaban J connectivity index is 0. The fourth-order valence-corrected chi connectivity index (χ4v) is 0.595. The maximum Gasteiger partial charge on any atom is 0.0465 e. The number of rotatable bonds is 6. The van der Waals surface area contributed by atoms with Gasteiger partial charge in [-0.15, -0.1) is 0 Å². The van der Waals surface area contributed by atoms with Crippen LogP contribution in [0.3, 0.4) is 0 Å². The summed E-state index contributed by atoms with van der Waals surface area (Å²) in [4.78, 5) is 0. The van der Waals surface area contributed by atoms with Crippen LogP contribution in [0.15, 0.2) is 0 Å². The van der Waals surface area contributed by atoms with Crippen LogP contribution >= 0.6 is 0 Å². The molecule has 0 fully saturated rings. The third-order valence-electron chi connectivity index (χ3n) is 1.28. The van der Waals surface area contributed by atoms with E-state index < -0.39 is 0 Å². The molecule has 0 unspecified atom stereocenters. The van der Waals surface area contributed by atoms with Crippen molar-refractivity contribution < 1.29 is 4.74 Å². The van der Waals surface area contributed by atoms with E-state index in [0.717, 1.165) is 13.2 Å². The smallest absolute Gasteiger partial charge is 0.0465 e. The van der Waals surface area contributed by atoms with Crippen LogP contribution in [-0.4, -0.2) is 42.8 Å². The van der Waals surface area contributed by atoms with Crippen molar-refractivity contribution in [2.45, 2.75) is 39.5 Å². The molecule has 0 saturated carbocycles. The van der Waals surface area contributed by atoms with Crippen LogP contribution < -0.4 is 0 Å². The van der Waals surface area contributed by atoms with Gasteiger partial charge in [0.15, 0.2) is 0 Å². The molecular formula is C8H18NaO. The SMILES string of the molecule is CCCCOCCCC.[Na]. The normalized spacial score (nSPS) is 9.00. The molecule has 0 aliphatic rings. The third-order valence-corrected chi connectivity index (χ3v) is 1.28. The molecule has 10 heavy (non-hydrogen) atoms. The molecule has 0 rings (SSSR count). The van der Waals surface area contributed by atoms with E-state index >= 15 is 0 Å². The Morgan fingerprint density at radius 1 is 0.900 bits per heavy atom. The molecule has 1 radical (unpaired) electrons. The molecule has 0 amide bonds. The van der Waals surface area contributed by atoms with Crippen LogP contribution in [0.5, 0.6) is 0 Å². The van der Waals surface area contributed by atoms with Gasteiger partial charge in [-0.25, -0.2) is 0 Å². The van der Waals surface area contributed by atoms with Crippen molar-refractivity contribution in [2.24, 2.45) is 0 Å². The van der Waals surface area contributed by atoms with E-state index in [2.05, 4.69) is 13.8 Å². The Morgan fingerprint density at radius 3 is 1.60 bits per heavy atom. The minimum Gasteiger partial charge on any atom is -0.381 e. The molecule has 0 aromatic carbocycles. The number of ether oxygens (including phenoxy) is 1. The zero-order valence-electron chi connectivity index (χ0n) is 7.65. The second-order valence-electron chi connectivity index (χ2n) is 2.32. The Labute approximate surface area is 86.8 Å². The van der Waals surface area contributed by atoms with E-state index in [1.807, 2.05) is 0 Å². The van der Waals surface area contributed by atoms with Crippen LogP contribution in [0.2, 0.25) is 0 Å². The van der Waals surface area contributed by atoms with Gasteiger partial charge in [-0.05, 0) is 12.8 Å². The van der Waals surface area contributed by atoms with Crippen molar-refractivity contribution >= 4 is 29.6 Å². The molecule has 0 aliphatic heterocycles. The second-order valence-corrected chi connectivity index (χ2v) is 2.32. The average Bonchev–Trinajstić information content (AvgIpc) is 1.89. The van der Waals surface area contributed by atoms with E-state index in [1.54, 1.807) is 0 Å². The molecular weight excluding hydrogens is 135 g/mol. The zero-order valence-corrected chi connectivity index (χ0v) is 9.65. The summed E-state index contributed by atoms with van der Waals surface area (Å²) in [6.45, 7) is 6.28. The minimum absolute atomic E-state index is 0. The number of unbranched alkanes of at least 4 members (excludes halogenated alkanes) is 2. The predicted octanol–water partition coefficient (Wildman–Crippen LogP) is 2.22. The van der Waals surface area contributed by atoms with Gasteiger partial charge in [0.25, 0.3) is 0 Å². The standard InChI is InChI=1S/C8H18O.Na/c1-3-5-7-9-8-6-4-2;/h3-8H2,1-2H3;. The summed E-state index contributed by atoms with van der Waals surface area (Å²) in [5, 5.41) is 0. The third kappa shape index (κ3) is 11.7. The predicted molar refractivity (Wildman–Crippen MR) is 46.4 cm³/mol. The molecule has 2 heteroatoms. The fourth-order valence-electron chi connectivity index (χ4n) is 0.595. The molecule has 0 aromatic heterocycles. The molecule has 1 nitrogen and oxygen atoms in total. The van der Waals surface area contributed by atoms with Crippen molar-refractivity contribution in [3.63, 3.8) is 0 Å². The summed E-state index contributed by atoms with van der Waals surface area (Å²) < 4.78 is 5.31. The van der Waals surface area contributed by atoms with Gasteiger partial charge in [0.2, 0.25) is 0 Å². The van der Waals surface area contributed by atoms with Crippen LogP contribution in [-0.2, 0) is 4.74 Å². The summed E-state index contributed by atoms with van der Waals surface area (Å²) >= 11 is 0. The van der Waals surface area contributed by atoms with Crippen molar-refractivity contribution in [3.8, 4) is 0 Å². The number of hydrogen-bond donors (Lipinski definition) is 0. The van der Waals surface area contributed by atoms with E-state index in [-0.39, 0.29) is 29.6 Å². The van der Waals surface area contributed by atoms with Gasteiger partial charge in [0.1, 0.15) is 0 Å². The molecule has 0 aliphatic carbocycles. The van der Waals surface area contributed by atoms with Gasteiger partial charge in [-0.3, -0.25) is 0 Å². The summed E-state index contributed by atoms with van der Waals surface area (Å²) in [5.74, 6) is 0. The van der Waals surface area contributed by atoms with Crippen LogP contribution in [0.4, 0.5) is 0 Å². The molecule has 0 atom stereocenters. The fraction of sp³-hybridized carbons (Fsp3) is 1.00. The van der Waals surface area contributed by atoms with Crippen molar-refractivity contribution in [1.82, 2.24) is 0 Å². The largest absolute Gasteiger partial charge is 0.381 e.